The zero-order chi connectivity index (χ0) is 15.4. The van der Waals surface area contributed by atoms with Crippen molar-refractivity contribution in [1.82, 2.24) is 29.0 Å². The highest BCUT2D eigenvalue weighted by atomic mass is 15.3. The van der Waals surface area contributed by atoms with Crippen molar-refractivity contribution in [2.24, 2.45) is 0 Å². The highest BCUT2D eigenvalue weighted by Crippen LogP contribution is 2.39. The zero-order valence-electron chi connectivity index (χ0n) is 13.3. The van der Waals surface area contributed by atoms with Gasteiger partial charge in [-0.05, 0) is 31.4 Å². The van der Waals surface area contributed by atoms with E-state index in [1.54, 1.807) is 0 Å². The van der Waals surface area contributed by atoms with E-state index in [2.05, 4.69) is 55.5 Å². The van der Waals surface area contributed by atoms with Crippen LogP contribution in [0.1, 0.15) is 41.7 Å². The molecule has 5 rings (SSSR count). The molecule has 0 unspecified atom stereocenters. The van der Waals surface area contributed by atoms with Crippen molar-refractivity contribution in [3.8, 4) is 0 Å². The summed E-state index contributed by atoms with van der Waals surface area (Å²) in [7, 11) is 0. The SMILES string of the molecule is Cc1cccn2cc(CN3CCn4c(nnc4C4CC4)C3)nc12. The Morgan fingerprint density at radius 3 is 2.96 bits per heavy atom. The standard InChI is InChI=1S/C17H20N6/c1-12-3-2-6-22-10-14(18-16(12)22)9-21-7-8-23-15(11-21)19-20-17(23)13-4-5-13/h2-3,6,10,13H,4-5,7-9,11H2,1H3. The molecule has 0 bridgehead atoms. The first-order chi connectivity index (χ1) is 11.3. The Balaban J connectivity index is 1.37. The Morgan fingerprint density at radius 2 is 2.13 bits per heavy atom. The van der Waals surface area contributed by atoms with Gasteiger partial charge in [0.05, 0.1) is 12.2 Å². The summed E-state index contributed by atoms with van der Waals surface area (Å²) in [5.41, 5.74) is 3.39. The number of fused-ring (bicyclic) bond motifs is 2. The Morgan fingerprint density at radius 1 is 1.22 bits per heavy atom. The van der Waals surface area contributed by atoms with E-state index in [1.165, 1.54) is 24.2 Å². The molecule has 2 aliphatic rings. The van der Waals surface area contributed by atoms with Gasteiger partial charge in [-0.2, -0.15) is 0 Å². The van der Waals surface area contributed by atoms with Gasteiger partial charge in [-0.3, -0.25) is 4.90 Å². The second-order valence-corrected chi connectivity index (χ2v) is 6.77. The first kappa shape index (κ1) is 13.2. The molecule has 6 nitrogen and oxygen atoms in total. The van der Waals surface area contributed by atoms with E-state index in [0.717, 1.165) is 43.3 Å². The molecule has 0 saturated heterocycles. The van der Waals surface area contributed by atoms with Crippen molar-refractivity contribution in [1.29, 1.82) is 0 Å². The summed E-state index contributed by atoms with van der Waals surface area (Å²) in [6, 6.07) is 4.17. The fourth-order valence-corrected chi connectivity index (χ4v) is 3.52. The van der Waals surface area contributed by atoms with Crippen LogP contribution >= 0.6 is 0 Å². The number of hydrogen-bond acceptors (Lipinski definition) is 4. The van der Waals surface area contributed by atoms with Gasteiger partial charge in [0.15, 0.2) is 0 Å². The lowest BCUT2D eigenvalue weighted by Crippen LogP contribution is -2.34. The minimum atomic E-state index is 0.671. The second kappa shape index (κ2) is 4.89. The zero-order valence-corrected chi connectivity index (χ0v) is 13.3. The fraction of sp³-hybridized carbons (Fsp3) is 0.471. The van der Waals surface area contributed by atoms with E-state index in [1.807, 2.05) is 0 Å². The van der Waals surface area contributed by atoms with E-state index in [-0.39, 0.29) is 0 Å². The molecule has 0 N–H and O–H groups in total. The highest BCUT2D eigenvalue weighted by Gasteiger charge is 2.32. The summed E-state index contributed by atoms with van der Waals surface area (Å²) in [6.07, 6.45) is 6.76. The molecule has 1 fully saturated rings. The van der Waals surface area contributed by atoms with Crippen LogP contribution in [0.25, 0.3) is 5.65 Å². The van der Waals surface area contributed by atoms with Gasteiger partial charge < -0.3 is 8.97 Å². The first-order valence-electron chi connectivity index (χ1n) is 8.35. The minimum absolute atomic E-state index is 0.671. The predicted molar refractivity (Wildman–Crippen MR) is 86.0 cm³/mol. The molecule has 4 heterocycles. The van der Waals surface area contributed by atoms with Crippen LogP contribution in [0.5, 0.6) is 0 Å². The summed E-state index contributed by atoms with van der Waals surface area (Å²) in [6.45, 7) is 5.88. The minimum Gasteiger partial charge on any atom is -0.312 e. The predicted octanol–water partition coefficient (Wildman–Crippen LogP) is 2.13. The molecule has 0 aromatic carbocycles. The maximum absolute atomic E-state index is 4.78. The van der Waals surface area contributed by atoms with Crippen LogP contribution in [0.15, 0.2) is 24.5 Å². The lowest BCUT2D eigenvalue weighted by atomic mass is 10.3. The molecule has 1 saturated carbocycles. The summed E-state index contributed by atoms with van der Waals surface area (Å²) >= 11 is 0. The van der Waals surface area contributed by atoms with Gasteiger partial charge in [-0.15, -0.1) is 10.2 Å². The van der Waals surface area contributed by atoms with Crippen molar-refractivity contribution in [2.75, 3.05) is 6.54 Å². The maximum Gasteiger partial charge on any atom is 0.147 e. The summed E-state index contributed by atoms with van der Waals surface area (Å²) in [5, 5.41) is 8.83. The number of aryl methyl sites for hydroxylation is 1. The highest BCUT2D eigenvalue weighted by molar-refractivity contribution is 5.47. The van der Waals surface area contributed by atoms with Gasteiger partial charge in [-0.25, -0.2) is 4.98 Å². The lowest BCUT2D eigenvalue weighted by Gasteiger charge is -2.27. The summed E-state index contributed by atoms with van der Waals surface area (Å²) in [4.78, 5) is 7.20. The lowest BCUT2D eigenvalue weighted by molar-refractivity contribution is 0.205. The number of rotatable bonds is 3. The largest absolute Gasteiger partial charge is 0.312 e. The third-order valence-electron chi connectivity index (χ3n) is 4.92. The molecule has 118 valence electrons. The second-order valence-electron chi connectivity index (χ2n) is 6.77. The topological polar surface area (TPSA) is 51.2 Å². The van der Waals surface area contributed by atoms with Gasteiger partial charge in [0.25, 0.3) is 0 Å². The van der Waals surface area contributed by atoms with Crippen molar-refractivity contribution in [2.45, 2.75) is 45.3 Å². The van der Waals surface area contributed by atoms with E-state index in [0.29, 0.717) is 5.92 Å². The Kier molecular flexibility index (Phi) is 2.82. The normalized spacial score (nSPS) is 18.5. The van der Waals surface area contributed by atoms with Crippen molar-refractivity contribution in [3.05, 3.63) is 47.4 Å². The van der Waals surface area contributed by atoms with Crippen molar-refractivity contribution >= 4 is 5.65 Å². The van der Waals surface area contributed by atoms with E-state index >= 15 is 0 Å². The molecule has 0 amide bonds. The third-order valence-corrected chi connectivity index (χ3v) is 4.92. The van der Waals surface area contributed by atoms with Gasteiger partial charge in [0, 0.05) is 37.9 Å². The van der Waals surface area contributed by atoms with Gasteiger partial charge >= 0.3 is 0 Å². The van der Waals surface area contributed by atoms with E-state index in [4.69, 9.17) is 4.98 Å². The van der Waals surface area contributed by atoms with Gasteiger partial charge in [0.2, 0.25) is 0 Å². The molecular formula is C17H20N6. The molecule has 0 atom stereocenters. The Hall–Kier alpha value is -2.21. The average molecular weight is 308 g/mol. The number of hydrogen-bond donors (Lipinski definition) is 0. The molecular weight excluding hydrogens is 288 g/mol. The summed E-state index contributed by atoms with van der Waals surface area (Å²) < 4.78 is 4.45. The molecule has 6 heteroatoms. The van der Waals surface area contributed by atoms with Crippen LogP contribution in [0, 0.1) is 6.92 Å². The molecule has 23 heavy (non-hydrogen) atoms. The van der Waals surface area contributed by atoms with E-state index in [9.17, 15) is 0 Å². The molecule has 1 aliphatic heterocycles. The quantitative estimate of drug-likeness (QED) is 0.744. The monoisotopic (exact) mass is 308 g/mol. The summed E-state index contributed by atoms with van der Waals surface area (Å²) in [5.74, 6) is 2.99. The maximum atomic E-state index is 4.78. The van der Waals surface area contributed by atoms with Crippen LogP contribution in [-0.2, 0) is 19.6 Å². The molecule has 0 radical (unpaired) electrons. The fourth-order valence-electron chi connectivity index (χ4n) is 3.52. The van der Waals surface area contributed by atoms with Crippen LogP contribution in [0.4, 0.5) is 0 Å². The Labute approximate surface area is 134 Å². The smallest absolute Gasteiger partial charge is 0.147 e. The number of aromatic nitrogens is 5. The van der Waals surface area contributed by atoms with Crippen molar-refractivity contribution < 1.29 is 0 Å². The Bertz CT molecular complexity index is 872. The van der Waals surface area contributed by atoms with Crippen LogP contribution in [0.3, 0.4) is 0 Å². The first-order valence-corrected chi connectivity index (χ1v) is 8.35. The molecule has 3 aromatic heterocycles. The third kappa shape index (κ3) is 2.25. The van der Waals surface area contributed by atoms with Crippen LogP contribution in [0.2, 0.25) is 0 Å². The van der Waals surface area contributed by atoms with E-state index < -0.39 is 0 Å². The van der Waals surface area contributed by atoms with Gasteiger partial charge in [0.1, 0.15) is 17.3 Å². The molecule has 3 aromatic rings. The van der Waals surface area contributed by atoms with Crippen molar-refractivity contribution in [3.63, 3.8) is 0 Å². The van der Waals surface area contributed by atoms with Crippen LogP contribution < -0.4 is 0 Å². The number of pyridine rings is 1. The number of nitrogens with zero attached hydrogens (tertiary/aromatic N) is 6. The molecule has 0 spiro atoms. The van der Waals surface area contributed by atoms with Crippen LogP contribution in [-0.4, -0.2) is 35.6 Å². The van der Waals surface area contributed by atoms with Gasteiger partial charge in [-0.1, -0.05) is 6.07 Å². The molecule has 1 aliphatic carbocycles. The average Bonchev–Trinajstić information content (AvgIpc) is 3.16. The number of imidazole rings is 1.